The predicted molar refractivity (Wildman–Crippen MR) is 84.0 cm³/mol. The lowest BCUT2D eigenvalue weighted by Gasteiger charge is -2.04. The highest BCUT2D eigenvalue weighted by molar-refractivity contribution is 6.35. The number of hydrogen-bond donors (Lipinski definition) is 2. The normalized spacial score (nSPS) is 18.8. The first-order chi connectivity index (χ1) is 11.0. The molecule has 2 atom stereocenters. The summed E-state index contributed by atoms with van der Waals surface area (Å²) in [6.45, 7) is 0. The minimum Gasteiger partial charge on any atom is -0.314 e. The molecule has 1 aliphatic rings. The number of rotatable bonds is 3. The number of benzene rings is 1. The maximum atomic E-state index is 12.2. The Morgan fingerprint density at radius 1 is 1.35 bits per heavy atom. The minimum absolute atomic E-state index is 0.0240. The largest absolute Gasteiger partial charge is 0.314 e. The molecule has 1 heterocycles. The third kappa shape index (κ3) is 3.00. The van der Waals surface area contributed by atoms with Crippen molar-refractivity contribution in [2.24, 2.45) is 5.92 Å². The number of nitrogens with one attached hydrogen (secondary N) is 2. The molecule has 0 spiro atoms. The van der Waals surface area contributed by atoms with Gasteiger partial charge in [-0.2, -0.15) is 10.5 Å². The average Bonchev–Trinajstić information content (AvgIpc) is 3.21. The number of amides is 1. The van der Waals surface area contributed by atoms with E-state index in [1.165, 1.54) is 0 Å². The van der Waals surface area contributed by atoms with Gasteiger partial charge in [0, 0.05) is 16.0 Å². The number of anilines is 1. The van der Waals surface area contributed by atoms with E-state index in [4.69, 9.17) is 33.7 Å². The van der Waals surface area contributed by atoms with Crippen LogP contribution in [0.1, 0.15) is 29.3 Å². The minimum atomic E-state index is -0.233. The second kappa shape index (κ2) is 5.92. The zero-order valence-electron chi connectivity index (χ0n) is 11.6. The van der Waals surface area contributed by atoms with Crippen LogP contribution >= 0.6 is 23.2 Å². The maximum Gasteiger partial charge on any atom is 0.230 e. The summed E-state index contributed by atoms with van der Waals surface area (Å²) in [6, 6.07) is 8.80. The maximum absolute atomic E-state index is 12.2. The Kier molecular flexibility index (Phi) is 3.96. The molecule has 0 saturated heterocycles. The van der Waals surface area contributed by atoms with Crippen LogP contribution in [-0.4, -0.2) is 15.9 Å². The summed E-state index contributed by atoms with van der Waals surface area (Å²) in [4.78, 5) is 18.7. The van der Waals surface area contributed by atoms with Gasteiger partial charge in [-0.15, -0.1) is 0 Å². The molecule has 1 amide bonds. The number of hydrogen-bond acceptors (Lipinski definition) is 4. The van der Waals surface area contributed by atoms with Gasteiger partial charge >= 0.3 is 0 Å². The van der Waals surface area contributed by atoms with Gasteiger partial charge in [-0.1, -0.05) is 29.3 Å². The number of carbonyl (C=O) groups excluding carboxylic acids is 1. The van der Waals surface area contributed by atoms with Crippen LogP contribution in [0, 0.1) is 28.6 Å². The molecule has 1 fully saturated rings. The molecular weight excluding hydrogens is 337 g/mol. The zero-order valence-corrected chi connectivity index (χ0v) is 13.1. The van der Waals surface area contributed by atoms with E-state index in [0.717, 1.165) is 5.56 Å². The smallest absolute Gasteiger partial charge is 0.230 e. The van der Waals surface area contributed by atoms with Crippen molar-refractivity contribution in [3.8, 4) is 12.1 Å². The van der Waals surface area contributed by atoms with Gasteiger partial charge in [-0.05, 0) is 30.0 Å². The molecular formula is C15H9Cl2N5O. The van der Waals surface area contributed by atoms with E-state index in [9.17, 15) is 4.79 Å². The number of aromatic nitrogens is 2. The van der Waals surface area contributed by atoms with Gasteiger partial charge in [-0.25, -0.2) is 4.98 Å². The van der Waals surface area contributed by atoms with Gasteiger partial charge in [0.1, 0.15) is 12.1 Å². The molecule has 3 rings (SSSR count). The summed E-state index contributed by atoms with van der Waals surface area (Å²) >= 11 is 12.0. The summed E-state index contributed by atoms with van der Waals surface area (Å²) < 4.78 is 0. The lowest BCUT2D eigenvalue weighted by molar-refractivity contribution is -0.117. The Morgan fingerprint density at radius 3 is 2.74 bits per heavy atom. The number of H-pyrrole nitrogens is 1. The molecule has 1 aromatic carbocycles. The molecule has 2 N–H and O–H groups in total. The second-order valence-corrected chi connectivity index (χ2v) is 5.98. The quantitative estimate of drug-likeness (QED) is 0.890. The molecule has 1 aliphatic carbocycles. The van der Waals surface area contributed by atoms with Gasteiger partial charge in [0.15, 0.2) is 11.4 Å². The van der Waals surface area contributed by atoms with Gasteiger partial charge in [-0.3, -0.25) is 10.1 Å². The van der Waals surface area contributed by atoms with Crippen LogP contribution in [0.4, 0.5) is 5.95 Å². The van der Waals surface area contributed by atoms with Gasteiger partial charge in [0.2, 0.25) is 11.9 Å². The van der Waals surface area contributed by atoms with Crippen LogP contribution in [0.5, 0.6) is 0 Å². The lowest BCUT2D eigenvalue weighted by Crippen LogP contribution is -2.15. The molecule has 0 bridgehead atoms. The van der Waals surface area contributed by atoms with Gasteiger partial charge in [0.25, 0.3) is 0 Å². The van der Waals surface area contributed by atoms with E-state index in [1.807, 2.05) is 12.1 Å². The molecule has 0 radical (unpaired) electrons. The molecule has 1 saturated carbocycles. The third-order valence-electron chi connectivity index (χ3n) is 3.65. The zero-order chi connectivity index (χ0) is 16.6. The van der Waals surface area contributed by atoms with E-state index in [2.05, 4.69) is 15.3 Å². The second-order valence-electron chi connectivity index (χ2n) is 5.14. The highest BCUT2D eigenvalue weighted by Crippen LogP contribution is 2.50. The molecule has 23 heavy (non-hydrogen) atoms. The van der Waals surface area contributed by atoms with Crippen LogP contribution < -0.4 is 5.32 Å². The Morgan fingerprint density at radius 2 is 2.13 bits per heavy atom. The number of aromatic amines is 1. The van der Waals surface area contributed by atoms with Crippen molar-refractivity contribution in [2.75, 3.05) is 5.32 Å². The molecule has 0 aliphatic heterocycles. The first-order valence-electron chi connectivity index (χ1n) is 6.69. The Balaban J connectivity index is 1.70. The summed E-state index contributed by atoms with van der Waals surface area (Å²) in [5.41, 5.74) is 0.859. The van der Waals surface area contributed by atoms with E-state index >= 15 is 0 Å². The molecule has 1 aromatic heterocycles. The fraction of sp³-hybridized carbons (Fsp3) is 0.200. The number of imidazole rings is 1. The summed E-state index contributed by atoms with van der Waals surface area (Å²) in [6.07, 6.45) is 0.671. The van der Waals surface area contributed by atoms with Crippen LogP contribution in [-0.2, 0) is 4.79 Å². The predicted octanol–water partition coefficient (Wildman–Crippen LogP) is 3.20. The fourth-order valence-corrected chi connectivity index (χ4v) is 2.98. The Hall–Kier alpha value is -2.54. The summed E-state index contributed by atoms with van der Waals surface area (Å²) in [7, 11) is 0. The average molecular weight is 346 g/mol. The molecule has 2 unspecified atom stereocenters. The lowest BCUT2D eigenvalue weighted by atomic mass is 10.1. The molecule has 6 nitrogen and oxygen atoms in total. The molecule has 8 heteroatoms. The summed E-state index contributed by atoms with van der Waals surface area (Å²) in [5, 5.41) is 21.4. The van der Waals surface area contributed by atoms with Crippen LogP contribution in [0.2, 0.25) is 10.0 Å². The third-order valence-corrected chi connectivity index (χ3v) is 4.21. The van der Waals surface area contributed by atoms with Crippen molar-refractivity contribution in [2.45, 2.75) is 12.3 Å². The first kappa shape index (κ1) is 15.4. The van der Waals surface area contributed by atoms with Gasteiger partial charge in [0.05, 0.1) is 0 Å². The number of halogens is 2. The van der Waals surface area contributed by atoms with E-state index in [0.29, 0.717) is 16.5 Å². The van der Waals surface area contributed by atoms with Crippen LogP contribution in [0.15, 0.2) is 18.2 Å². The Bertz CT molecular complexity index is 845. The van der Waals surface area contributed by atoms with E-state index < -0.39 is 0 Å². The highest BCUT2D eigenvalue weighted by atomic mass is 35.5. The fourth-order valence-electron chi connectivity index (χ4n) is 2.43. The van der Waals surface area contributed by atoms with Crippen molar-refractivity contribution in [3.05, 3.63) is 45.2 Å². The van der Waals surface area contributed by atoms with Crippen molar-refractivity contribution in [3.63, 3.8) is 0 Å². The van der Waals surface area contributed by atoms with E-state index in [1.54, 1.807) is 18.2 Å². The number of nitriles is 2. The van der Waals surface area contributed by atoms with Crippen molar-refractivity contribution in [1.82, 2.24) is 9.97 Å². The highest BCUT2D eigenvalue weighted by Gasteiger charge is 2.45. The number of carbonyl (C=O) groups is 1. The van der Waals surface area contributed by atoms with Crippen molar-refractivity contribution in [1.29, 1.82) is 10.5 Å². The summed E-state index contributed by atoms with van der Waals surface area (Å²) in [5.74, 6) is -0.338. The standard InChI is InChI=1S/C15H9Cl2N5O/c16-7-1-2-8(11(17)3-7)9-4-10(9)14(23)22-15-20-12(5-18)13(6-19)21-15/h1-3,9-10H,4H2,(H2,20,21,22,23). The van der Waals surface area contributed by atoms with Crippen LogP contribution in [0.25, 0.3) is 0 Å². The van der Waals surface area contributed by atoms with Crippen LogP contribution in [0.3, 0.4) is 0 Å². The van der Waals surface area contributed by atoms with Crippen molar-refractivity contribution < 1.29 is 4.79 Å². The SMILES string of the molecule is N#Cc1nc(NC(=O)C2CC2c2ccc(Cl)cc2Cl)[nH]c1C#N. The number of nitrogens with zero attached hydrogens (tertiary/aromatic N) is 3. The first-order valence-corrected chi connectivity index (χ1v) is 7.45. The molecule has 114 valence electrons. The van der Waals surface area contributed by atoms with Gasteiger partial charge < -0.3 is 4.98 Å². The molecule has 2 aromatic rings. The monoisotopic (exact) mass is 345 g/mol. The van der Waals surface area contributed by atoms with Crippen molar-refractivity contribution >= 4 is 35.1 Å². The Labute approximate surface area is 141 Å². The van der Waals surface area contributed by atoms with E-state index in [-0.39, 0.29) is 35.1 Å². The topological polar surface area (TPSA) is 105 Å².